The Labute approximate surface area is 119 Å². The van der Waals surface area contributed by atoms with Gasteiger partial charge in [0, 0.05) is 12.0 Å². The molecule has 1 heterocycles. The number of nitrogens with zero attached hydrogens (tertiary/aromatic N) is 2. The van der Waals surface area contributed by atoms with Gasteiger partial charge in [-0.15, -0.1) is 4.91 Å². The van der Waals surface area contributed by atoms with Crippen molar-refractivity contribution in [2.75, 3.05) is 6.61 Å². The molecule has 0 saturated carbocycles. The summed E-state index contributed by atoms with van der Waals surface area (Å²) < 4.78 is 11.0. The summed E-state index contributed by atoms with van der Waals surface area (Å²) in [5.74, 6) is -0.318. The van der Waals surface area contributed by atoms with E-state index in [1.54, 1.807) is 6.92 Å². The molecule has 6 heteroatoms. The van der Waals surface area contributed by atoms with Crippen molar-refractivity contribution in [3.05, 3.63) is 16.6 Å². The Morgan fingerprint density at radius 2 is 2.15 bits per heavy atom. The standard InChI is InChI=1S/C14H22N2O4/c1-4-10(5-2)20-12-8-9(14(17)19-6-3)7-11-13(12)16(11)15-18/h8,10-13H,4-7H2,1-3H3/t11-,12-,13-,16?/m1/s1. The number of fused-ring (bicyclic) bond motifs is 1. The maximum Gasteiger partial charge on any atom is 0.333 e. The Morgan fingerprint density at radius 3 is 2.70 bits per heavy atom. The van der Waals surface area contributed by atoms with Crippen LogP contribution in [0.3, 0.4) is 0 Å². The second-order valence-electron chi connectivity index (χ2n) is 5.18. The lowest BCUT2D eigenvalue weighted by molar-refractivity contribution is -0.138. The highest BCUT2D eigenvalue weighted by Crippen LogP contribution is 2.42. The highest BCUT2D eigenvalue weighted by molar-refractivity contribution is 5.89. The minimum atomic E-state index is -0.318. The van der Waals surface area contributed by atoms with Gasteiger partial charge >= 0.3 is 5.97 Å². The van der Waals surface area contributed by atoms with Gasteiger partial charge in [0.2, 0.25) is 0 Å². The molecule has 2 aliphatic rings. The fraction of sp³-hybridized carbons (Fsp3) is 0.786. The van der Waals surface area contributed by atoms with Crippen LogP contribution in [0.5, 0.6) is 0 Å². The Hall–Kier alpha value is -1.43. The predicted molar refractivity (Wildman–Crippen MR) is 73.8 cm³/mol. The van der Waals surface area contributed by atoms with Gasteiger partial charge in [0.1, 0.15) is 12.1 Å². The fourth-order valence-corrected chi connectivity index (χ4v) is 2.77. The Bertz CT molecular complexity index is 406. The van der Waals surface area contributed by atoms with E-state index in [9.17, 15) is 9.70 Å². The van der Waals surface area contributed by atoms with Crippen LogP contribution >= 0.6 is 0 Å². The van der Waals surface area contributed by atoms with Crippen LogP contribution in [0, 0.1) is 4.91 Å². The fourth-order valence-electron chi connectivity index (χ4n) is 2.77. The number of nitroso groups, excluding NO2 is 1. The summed E-state index contributed by atoms with van der Waals surface area (Å²) in [4.78, 5) is 22.6. The van der Waals surface area contributed by atoms with Crippen LogP contribution in [-0.2, 0) is 14.3 Å². The molecule has 0 radical (unpaired) electrons. The first-order chi connectivity index (χ1) is 9.65. The van der Waals surface area contributed by atoms with Crippen molar-refractivity contribution in [3.8, 4) is 0 Å². The molecule has 3 atom stereocenters. The molecule has 112 valence electrons. The van der Waals surface area contributed by atoms with Crippen LogP contribution < -0.4 is 0 Å². The Kier molecular flexibility index (Phi) is 4.75. The summed E-state index contributed by atoms with van der Waals surface area (Å²) >= 11 is 0. The van der Waals surface area contributed by atoms with Gasteiger partial charge in [-0.1, -0.05) is 13.8 Å². The normalized spacial score (nSPS) is 27.9. The van der Waals surface area contributed by atoms with Crippen molar-refractivity contribution in [3.63, 3.8) is 0 Å². The van der Waals surface area contributed by atoms with E-state index in [4.69, 9.17) is 9.47 Å². The molecular weight excluding hydrogens is 260 g/mol. The van der Waals surface area contributed by atoms with E-state index in [0.29, 0.717) is 18.6 Å². The summed E-state index contributed by atoms with van der Waals surface area (Å²) in [7, 11) is 0. The second kappa shape index (κ2) is 6.35. The molecular formula is C14H22N2O4. The van der Waals surface area contributed by atoms with Gasteiger partial charge in [-0.3, -0.25) is 0 Å². The number of ether oxygens (including phenoxy) is 2. The summed E-state index contributed by atoms with van der Waals surface area (Å²) in [5, 5.41) is 4.49. The van der Waals surface area contributed by atoms with E-state index < -0.39 is 0 Å². The van der Waals surface area contributed by atoms with E-state index in [0.717, 1.165) is 12.8 Å². The van der Waals surface area contributed by atoms with Gasteiger partial charge in [-0.05, 0) is 25.8 Å². The van der Waals surface area contributed by atoms with E-state index in [-0.39, 0.29) is 30.3 Å². The predicted octanol–water partition coefficient (Wildman–Crippen LogP) is 2.19. The van der Waals surface area contributed by atoms with Crippen LogP contribution in [0.1, 0.15) is 40.0 Å². The molecule has 0 amide bonds. The number of hydrogen-bond acceptors (Lipinski definition) is 5. The van der Waals surface area contributed by atoms with Gasteiger partial charge in [0.15, 0.2) is 0 Å². The third-order valence-corrected chi connectivity index (χ3v) is 3.97. The monoisotopic (exact) mass is 282 g/mol. The molecule has 0 bridgehead atoms. The van der Waals surface area contributed by atoms with Crippen molar-refractivity contribution >= 4 is 5.97 Å². The quantitative estimate of drug-likeness (QED) is 0.407. The van der Waals surface area contributed by atoms with Gasteiger partial charge in [0.25, 0.3) is 0 Å². The average Bonchev–Trinajstić information content (AvgIpc) is 3.18. The van der Waals surface area contributed by atoms with Crippen LogP contribution in [0.4, 0.5) is 0 Å². The van der Waals surface area contributed by atoms with Crippen LogP contribution in [0.15, 0.2) is 16.9 Å². The second-order valence-corrected chi connectivity index (χ2v) is 5.18. The maximum atomic E-state index is 11.9. The molecule has 1 aliphatic heterocycles. The molecule has 2 rings (SSSR count). The lowest BCUT2D eigenvalue weighted by Gasteiger charge is -2.23. The zero-order valence-electron chi connectivity index (χ0n) is 12.2. The molecule has 1 aliphatic carbocycles. The maximum absolute atomic E-state index is 11.9. The molecule has 0 aromatic rings. The van der Waals surface area contributed by atoms with Crippen LogP contribution in [-0.4, -0.2) is 41.9 Å². The van der Waals surface area contributed by atoms with Crippen molar-refractivity contribution in [2.45, 2.75) is 64.3 Å². The number of carbonyl (C=O) groups excluding carboxylic acids is 1. The first-order valence-corrected chi connectivity index (χ1v) is 7.31. The van der Waals surface area contributed by atoms with Gasteiger partial charge in [-0.2, -0.15) is 0 Å². The van der Waals surface area contributed by atoms with Crippen molar-refractivity contribution in [2.24, 2.45) is 5.29 Å². The SMILES string of the molecule is CCOC(=O)C1=C[C@@H](OC(CC)CC)[C@H]2[C@@H](C1)N2N=O. The number of rotatable bonds is 7. The first kappa shape index (κ1) is 15.0. The third kappa shape index (κ3) is 2.85. The van der Waals surface area contributed by atoms with Gasteiger partial charge in [-0.25, -0.2) is 9.80 Å². The van der Waals surface area contributed by atoms with Crippen LogP contribution in [0.2, 0.25) is 0 Å². The topological polar surface area (TPSA) is 68.0 Å². The first-order valence-electron chi connectivity index (χ1n) is 7.31. The van der Waals surface area contributed by atoms with E-state index in [2.05, 4.69) is 19.1 Å². The Morgan fingerprint density at radius 1 is 1.45 bits per heavy atom. The van der Waals surface area contributed by atoms with Gasteiger partial charge < -0.3 is 9.47 Å². The summed E-state index contributed by atoms with van der Waals surface area (Å²) in [6.45, 7) is 6.25. The van der Waals surface area contributed by atoms with Crippen LogP contribution in [0.25, 0.3) is 0 Å². The molecule has 0 N–H and O–H groups in total. The minimum Gasteiger partial charge on any atom is -0.463 e. The minimum absolute atomic E-state index is 0.0173. The third-order valence-electron chi connectivity index (χ3n) is 3.97. The van der Waals surface area contributed by atoms with Crippen molar-refractivity contribution < 1.29 is 14.3 Å². The van der Waals surface area contributed by atoms with Crippen molar-refractivity contribution in [1.29, 1.82) is 0 Å². The lowest BCUT2D eigenvalue weighted by Crippen LogP contribution is -2.30. The Balaban J connectivity index is 2.10. The number of esters is 1. The molecule has 0 unspecified atom stereocenters. The highest BCUT2D eigenvalue weighted by Gasteiger charge is 2.56. The zero-order chi connectivity index (χ0) is 14.7. The van der Waals surface area contributed by atoms with E-state index in [1.165, 1.54) is 5.01 Å². The molecule has 6 nitrogen and oxygen atoms in total. The molecule has 1 saturated heterocycles. The van der Waals surface area contributed by atoms with E-state index in [1.807, 2.05) is 6.08 Å². The van der Waals surface area contributed by atoms with Crippen molar-refractivity contribution in [1.82, 2.24) is 5.01 Å². The smallest absolute Gasteiger partial charge is 0.333 e. The molecule has 0 aromatic carbocycles. The van der Waals surface area contributed by atoms with Gasteiger partial charge in [0.05, 0.1) is 24.0 Å². The lowest BCUT2D eigenvalue weighted by atomic mass is 9.97. The molecule has 0 aromatic heterocycles. The largest absolute Gasteiger partial charge is 0.463 e. The highest BCUT2D eigenvalue weighted by atomic mass is 16.5. The average molecular weight is 282 g/mol. The molecule has 20 heavy (non-hydrogen) atoms. The molecule has 1 fully saturated rings. The van der Waals surface area contributed by atoms with E-state index >= 15 is 0 Å². The summed E-state index contributed by atoms with van der Waals surface area (Å²) in [6.07, 6.45) is 4.01. The zero-order valence-corrected chi connectivity index (χ0v) is 12.2. The summed E-state index contributed by atoms with van der Waals surface area (Å²) in [6, 6.07) is -0.0393. The number of carbonyl (C=O) groups is 1. The number of hydrogen-bond donors (Lipinski definition) is 0. The molecule has 0 spiro atoms. The summed E-state index contributed by atoms with van der Waals surface area (Å²) in [5.41, 5.74) is 0.593.